The highest BCUT2D eigenvalue weighted by Crippen LogP contribution is 2.33. The molecule has 20 heavy (non-hydrogen) atoms. The van der Waals surface area contributed by atoms with Crippen LogP contribution in [0.25, 0.3) is 0 Å². The lowest BCUT2D eigenvalue weighted by atomic mass is 10.2. The van der Waals surface area contributed by atoms with Crippen LogP contribution in [0.3, 0.4) is 0 Å². The Labute approximate surface area is 128 Å². The second-order valence-electron chi connectivity index (χ2n) is 5.55. The molecular formula is C13H18ClNO3S2. The summed E-state index contributed by atoms with van der Waals surface area (Å²) in [5.74, 6) is 0.303. The van der Waals surface area contributed by atoms with Crippen molar-refractivity contribution in [1.82, 2.24) is 4.90 Å². The summed E-state index contributed by atoms with van der Waals surface area (Å²) in [6.07, 6.45) is 2.06. The fraction of sp³-hybridized carbons (Fsp3) is 0.615. The second-order valence-corrected chi connectivity index (χ2v) is 9.34. The van der Waals surface area contributed by atoms with E-state index in [-0.39, 0.29) is 10.8 Å². The molecule has 0 unspecified atom stereocenters. The van der Waals surface area contributed by atoms with Crippen molar-refractivity contribution in [3.63, 3.8) is 0 Å². The molecule has 1 aliphatic carbocycles. The summed E-state index contributed by atoms with van der Waals surface area (Å²) >= 11 is 1.20. The van der Waals surface area contributed by atoms with Crippen molar-refractivity contribution >= 4 is 37.0 Å². The Morgan fingerprint density at radius 3 is 2.50 bits per heavy atom. The van der Waals surface area contributed by atoms with Gasteiger partial charge in [-0.15, -0.1) is 11.3 Å². The van der Waals surface area contributed by atoms with E-state index in [0.29, 0.717) is 28.3 Å². The highest BCUT2D eigenvalue weighted by molar-refractivity contribution is 8.13. The minimum atomic E-state index is -3.79. The van der Waals surface area contributed by atoms with Crippen molar-refractivity contribution in [3.05, 3.63) is 15.8 Å². The number of aryl methyl sites for hydroxylation is 1. The molecule has 0 bridgehead atoms. The van der Waals surface area contributed by atoms with Crippen molar-refractivity contribution in [2.24, 2.45) is 5.92 Å². The van der Waals surface area contributed by atoms with Gasteiger partial charge < -0.3 is 4.90 Å². The van der Waals surface area contributed by atoms with Gasteiger partial charge >= 0.3 is 0 Å². The highest BCUT2D eigenvalue weighted by atomic mass is 35.7. The molecule has 0 aromatic carbocycles. The third-order valence-corrected chi connectivity index (χ3v) is 5.77. The number of hydrogen-bond acceptors (Lipinski definition) is 4. The van der Waals surface area contributed by atoms with Gasteiger partial charge in [-0.1, -0.05) is 13.8 Å². The first-order valence-electron chi connectivity index (χ1n) is 6.56. The van der Waals surface area contributed by atoms with Gasteiger partial charge in [0.25, 0.3) is 15.0 Å². The molecule has 1 fully saturated rings. The van der Waals surface area contributed by atoms with E-state index in [4.69, 9.17) is 10.7 Å². The Morgan fingerprint density at radius 2 is 2.10 bits per heavy atom. The summed E-state index contributed by atoms with van der Waals surface area (Å²) in [5, 5.41) is 0. The third kappa shape index (κ3) is 3.54. The summed E-state index contributed by atoms with van der Waals surface area (Å²) in [6.45, 7) is 6.50. The van der Waals surface area contributed by atoms with Gasteiger partial charge in [0.15, 0.2) is 0 Å². The van der Waals surface area contributed by atoms with E-state index in [2.05, 4.69) is 13.8 Å². The molecule has 0 aliphatic heterocycles. The summed E-state index contributed by atoms with van der Waals surface area (Å²) < 4.78 is 22.9. The van der Waals surface area contributed by atoms with Gasteiger partial charge in [0, 0.05) is 28.1 Å². The van der Waals surface area contributed by atoms with Crippen LogP contribution in [0.5, 0.6) is 0 Å². The number of thiophene rings is 1. The molecule has 0 spiro atoms. The van der Waals surface area contributed by atoms with E-state index < -0.39 is 9.05 Å². The topological polar surface area (TPSA) is 54.5 Å². The maximum absolute atomic E-state index is 12.6. The van der Waals surface area contributed by atoms with E-state index in [1.54, 1.807) is 6.92 Å². The SMILES string of the molecule is Cc1sc(C(=O)N(CC(C)C)C2CC2)cc1S(=O)(=O)Cl. The summed E-state index contributed by atoms with van der Waals surface area (Å²) in [6, 6.07) is 1.71. The van der Waals surface area contributed by atoms with Crippen molar-refractivity contribution in [2.75, 3.05) is 6.54 Å². The summed E-state index contributed by atoms with van der Waals surface area (Å²) in [7, 11) is 1.59. The number of amides is 1. The van der Waals surface area contributed by atoms with Crippen molar-refractivity contribution in [3.8, 4) is 0 Å². The van der Waals surface area contributed by atoms with Crippen LogP contribution in [0, 0.1) is 12.8 Å². The standard InChI is InChI=1S/C13H18ClNO3S2/c1-8(2)7-15(10-4-5-10)13(16)11-6-12(9(3)19-11)20(14,17)18/h6,8,10H,4-5,7H2,1-3H3. The van der Waals surface area contributed by atoms with Crippen LogP contribution < -0.4 is 0 Å². The lowest BCUT2D eigenvalue weighted by Gasteiger charge is -2.23. The molecule has 1 aromatic heterocycles. The lowest BCUT2D eigenvalue weighted by molar-refractivity contribution is 0.0727. The molecule has 0 N–H and O–H groups in total. The molecule has 7 heteroatoms. The molecule has 1 saturated carbocycles. The quantitative estimate of drug-likeness (QED) is 0.776. The monoisotopic (exact) mass is 335 g/mol. The minimum Gasteiger partial charge on any atom is -0.335 e. The zero-order chi connectivity index (χ0) is 15.1. The maximum atomic E-state index is 12.6. The molecule has 0 atom stereocenters. The molecule has 1 aromatic rings. The van der Waals surface area contributed by atoms with Gasteiger partial charge in [0.05, 0.1) is 9.77 Å². The van der Waals surface area contributed by atoms with Gasteiger partial charge in [-0.3, -0.25) is 4.79 Å². The molecule has 1 aliphatic rings. The minimum absolute atomic E-state index is 0.0489. The molecular weight excluding hydrogens is 318 g/mol. The fourth-order valence-electron chi connectivity index (χ4n) is 2.13. The zero-order valence-electron chi connectivity index (χ0n) is 11.7. The van der Waals surface area contributed by atoms with Crippen LogP contribution >= 0.6 is 22.0 Å². The van der Waals surface area contributed by atoms with Crippen LogP contribution in [0.4, 0.5) is 0 Å². The Bertz CT molecular complexity index is 618. The smallest absolute Gasteiger partial charge is 0.264 e. The summed E-state index contributed by atoms with van der Waals surface area (Å²) in [5.41, 5.74) is 0. The van der Waals surface area contributed by atoms with Gasteiger partial charge in [0.2, 0.25) is 0 Å². The maximum Gasteiger partial charge on any atom is 0.264 e. The first-order chi connectivity index (χ1) is 9.20. The van der Waals surface area contributed by atoms with Crippen LogP contribution in [-0.2, 0) is 9.05 Å². The zero-order valence-corrected chi connectivity index (χ0v) is 14.1. The molecule has 1 amide bonds. The molecule has 4 nitrogen and oxygen atoms in total. The van der Waals surface area contributed by atoms with Gasteiger partial charge in [-0.25, -0.2) is 8.42 Å². The summed E-state index contributed by atoms with van der Waals surface area (Å²) in [4.78, 5) is 15.5. The van der Waals surface area contributed by atoms with E-state index in [1.807, 2.05) is 4.90 Å². The van der Waals surface area contributed by atoms with E-state index >= 15 is 0 Å². The number of carbonyl (C=O) groups excluding carboxylic acids is 1. The van der Waals surface area contributed by atoms with Gasteiger partial charge in [-0.05, 0) is 31.7 Å². The number of rotatable bonds is 5. The predicted molar refractivity (Wildman–Crippen MR) is 81.0 cm³/mol. The van der Waals surface area contributed by atoms with Crippen LogP contribution in [0.2, 0.25) is 0 Å². The van der Waals surface area contributed by atoms with Crippen LogP contribution in [0.15, 0.2) is 11.0 Å². The normalized spacial score (nSPS) is 15.7. The Morgan fingerprint density at radius 1 is 1.50 bits per heavy atom. The predicted octanol–water partition coefficient (Wildman–Crippen LogP) is 3.24. The van der Waals surface area contributed by atoms with Crippen LogP contribution in [-0.4, -0.2) is 31.8 Å². The Balaban J connectivity index is 2.28. The third-order valence-electron chi connectivity index (χ3n) is 3.16. The Kier molecular flexibility index (Phi) is 4.47. The molecule has 0 radical (unpaired) electrons. The van der Waals surface area contributed by atoms with Crippen molar-refractivity contribution in [1.29, 1.82) is 0 Å². The number of hydrogen-bond donors (Lipinski definition) is 0. The van der Waals surface area contributed by atoms with E-state index in [1.165, 1.54) is 17.4 Å². The number of halogens is 1. The highest BCUT2D eigenvalue weighted by Gasteiger charge is 2.34. The van der Waals surface area contributed by atoms with E-state index in [9.17, 15) is 13.2 Å². The number of carbonyl (C=O) groups is 1. The fourth-order valence-corrected chi connectivity index (χ4v) is 4.75. The second kappa shape index (κ2) is 5.66. The van der Waals surface area contributed by atoms with E-state index in [0.717, 1.165) is 12.8 Å². The van der Waals surface area contributed by atoms with Gasteiger partial charge in [-0.2, -0.15) is 0 Å². The number of nitrogens with zero attached hydrogens (tertiary/aromatic N) is 1. The molecule has 0 saturated heterocycles. The first kappa shape index (κ1) is 15.8. The van der Waals surface area contributed by atoms with Gasteiger partial charge in [0.1, 0.15) is 0 Å². The first-order valence-corrected chi connectivity index (χ1v) is 9.68. The Hall–Kier alpha value is -0.590. The molecule has 112 valence electrons. The largest absolute Gasteiger partial charge is 0.335 e. The van der Waals surface area contributed by atoms with Crippen LogP contribution in [0.1, 0.15) is 41.2 Å². The molecule has 2 rings (SSSR count). The molecule has 1 heterocycles. The average Bonchev–Trinajstić information content (AvgIpc) is 3.06. The van der Waals surface area contributed by atoms with Crippen molar-refractivity contribution in [2.45, 2.75) is 44.6 Å². The lowest BCUT2D eigenvalue weighted by Crippen LogP contribution is -2.35. The van der Waals surface area contributed by atoms with Crippen molar-refractivity contribution < 1.29 is 13.2 Å². The average molecular weight is 336 g/mol.